The van der Waals surface area contributed by atoms with Crippen LogP contribution in [0.5, 0.6) is 0 Å². The molecule has 2 aromatic rings. The summed E-state index contributed by atoms with van der Waals surface area (Å²) in [6.45, 7) is 8.55. The maximum absolute atomic E-state index is 12.6. The van der Waals surface area contributed by atoms with Crippen LogP contribution in [-0.2, 0) is 16.8 Å². The highest BCUT2D eigenvalue weighted by Crippen LogP contribution is 2.44. The zero-order valence-electron chi connectivity index (χ0n) is 18.7. The molecule has 166 valence electrons. The summed E-state index contributed by atoms with van der Waals surface area (Å²) in [6, 6.07) is 9.02. The lowest BCUT2D eigenvalue weighted by Crippen LogP contribution is -2.54. The number of nitriles is 1. The Kier molecular flexibility index (Phi) is 5.43. The van der Waals surface area contributed by atoms with E-state index >= 15 is 0 Å². The van der Waals surface area contributed by atoms with Crippen LogP contribution in [0, 0.1) is 11.3 Å². The lowest BCUT2D eigenvalue weighted by molar-refractivity contribution is -0.116. The van der Waals surface area contributed by atoms with Gasteiger partial charge in [0.2, 0.25) is 5.91 Å². The van der Waals surface area contributed by atoms with Gasteiger partial charge in [0.25, 0.3) is 11.8 Å². The minimum atomic E-state index is -0.318. The van der Waals surface area contributed by atoms with Gasteiger partial charge in [0, 0.05) is 28.9 Å². The Labute approximate surface area is 191 Å². The van der Waals surface area contributed by atoms with Crippen LogP contribution < -0.4 is 10.6 Å². The van der Waals surface area contributed by atoms with Crippen LogP contribution in [0.4, 0.5) is 5.00 Å². The van der Waals surface area contributed by atoms with E-state index < -0.39 is 0 Å². The fraction of sp³-hybridized carbons (Fsp3) is 0.417. The van der Waals surface area contributed by atoms with Crippen molar-refractivity contribution < 1.29 is 14.4 Å². The van der Waals surface area contributed by atoms with Gasteiger partial charge in [-0.05, 0) is 58.2 Å². The minimum absolute atomic E-state index is 0.147. The van der Waals surface area contributed by atoms with Gasteiger partial charge in [0.1, 0.15) is 11.1 Å². The van der Waals surface area contributed by atoms with Crippen LogP contribution in [-0.4, -0.2) is 34.7 Å². The second-order valence-corrected chi connectivity index (χ2v) is 10.5. The van der Waals surface area contributed by atoms with E-state index in [0.29, 0.717) is 34.5 Å². The Balaban J connectivity index is 1.42. The molecular formula is C24H26N4O3S. The quantitative estimate of drug-likeness (QED) is 0.675. The predicted molar refractivity (Wildman–Crippen MR) is 123 cm³/mol. The molecule has 0 unspecified atom stereocenters. The molecule has 3 heterocycles. The third-order valence-electron chi connectivity index (χ3n) is 5.87. The first-order chi connectivity index (χ1) is 15.0. The van der Waals surface area contributed by atoms with E-state index in [0.717, 1.165) is 10.4 Å². The first-order valence-corrected chi connectivity index (χ1v) is 11.5. The molecule has 32 heavy (non-hydrogen) atoms. The van der Waals surface area contributed by atoms with Crippen LogP contribution in [0.2, 0.25) is 0 Å². The van der Waals surface area contributed by atoms with Gasteiger partial charge in [-0.1, -0.05) is 12.1 Å². The summed E-state index contributed by atoms with van der Waals surface area (Å²) >= 11 is 1.44. The van der Waals surface area contributed by atoms with Crippen molar-refractivity contribution in [1.29, 1.82) is 5.26 Å². The number of rotatable bonds is 5. The van der Waals surface area contributed by atoms with Crippen molar-refractivity contribution in [1.82, 2.24) is 10.2 Å². The van der Waals surface area contributed by atoms with Gasteiger partial charge < -0.3 is 10.6 Å². The van der Waals surface area contributed by atoms with Gasteiger partial charge in [-0.3, -0.25) is 19.3 Å². The van der Waals surface area contributed by atoms with Crippen molar-refractivity contribution in [2.75, 3.05) is 11.9 Å². The van der Waals surface area contributed by atoms with Gasteiger partial charge in [-0.15, -0.1) is 11.3 Å². The summed E-state index contributed by atoms with van der Waals surface area (Å²) in [5, 5.41) is 16.8. The van der Waals surface area contributed by atoms with E-state index in [2.05, 4.69) is 44.4 Å². The molecule has 0 fully saturated rings. The van der Waals surface area contributed by atoms with Crippen molar-refractivity contribution in [3.05, 3.63) is 51.4 Å². The molecule has 2 aliphatic heterocycles. The number of carbonyl (C=O) groups is 3. The van der Waals surface area contributed by atoms with Crippen LogP contribution >= 0.6 is 11.3 Å². The molecule has 0 aliphatic carbocycles. The highest BCUT2D eigenvalue weighted by atomic mass is 32.1. The number of fused-ring (bicyclic) bond motifs is 2. The highest BCUT2D eigenvalue weighted by molar-refractivity contribution is 7.17. The summed E-state index contributed by atoms with van der Waals surface area (Å²) in [5.74, 6) is -0.871. The Morgan fingerprint density at radius 2 is 1.81 bits per heavy atom. The van der Waals surface area contributed by atoms with E-state index in [-0.39, 0.29) is 41.8 Å². The third-order valence-corrected chi connectivity index (χ3v) is 7.34. The minimum Gasteiger partial charge on any atom is -0.317 e. The van der Waals surface area contributed by atoms with Crippen LogP contribution in [0.25, 0.3) is 0 Å². The fourth-order valence-corrected chi connectivity index (χ4v) is 6.01. The van der Waals surface area contributed by atoms with Crippen LogP contribution in [0.3, 0.4) is 0 Å². The Bertz CT molecular complexity index is 1140. The number of hydrogen-bond donors (Lipinski definition) is 2. The largest absolute Gasteiger partial charge is 0.317 e. The van der Waals surface area contributed by atoms with E-state index in [4.69, 9.17) is 0 Å². The molecule has 2 aliphatic rings. The zero-order chi connectivity index (χ0) is 23.3. The average molecular weight is 451 g/mol. The van der Waals surface area contributed by atoms with Gasteiger partial charge in [-0.25, -0.2) is 0 Å². The first kappa shape index (κ1) is 22.2. The molecule has 8 heteroatoms. The third kappa shape index (κ3) is 3.83. The Morgan fingerprint density at radius 1 is 1.19 bits per heavy atom. The van der Waals surface area contributed by atoms with Crippen LogP contribution in [0.1, 0.15) is 77.3 Å². The number of thiophene rings is 1. The molecule has 7 nitrogen and oxygen atoms in total. The first-order valence-electron chi connectivity index (χ1n) is 10.6. The monoisotopic (exact) mass is 450 g/mol. The summed E-state index contributed by atoms with van der Waals surface area (Å²) < 4.78 is 0. The van der Waals surface area contributed by atoms with Gasteiger partial charge >= 0.3 is 0 Å². The predicted octanol–water partition coefficient (Wildman–Crippen LogP) is 3.79. The summed E-state index contributed by atoms with van der Waals surface area (Å²) in [6.07, 6.45) is 1.21. The lowest BCUT2D eigenvalue weighted by Gasteiger charge is -2.42. The number of hydrogen-bond acceptors (Lipinski definition) is 6. The fourth-order valence-electron chi connectivity index (χ4n) is 4.76. The average Bonchev–Trinajstić information content (AvgIpc) is 3.17. The van der Waals surface area contributed by atoms with E-state index in [9.17, 15) is 19.6 Å². The van der Waals surface area contributed by atoms with Crippen molar-refractivity contribution >= 4 is 34.1 Å². The number of nitrogens with one attached hydrogen (secondary N) is 2. The zero-order valence-corrected chi connectivity index (χ0v) is 19.5. The second-order valence-electron chi connectivity index (χ2n) is 9.50. The Hall–Kier alpha value is -3.02. The van der Waals surface area contributed by atoms with Gasteiger partial charge in [0.15, 0.2) is 0 Å². The van der Waals surface area contributed by atoms with Crippen molar-refractivity contribution in [3.63, 3.8) is 0 Å². The molecule has 2 N–H and O–H groups in total. The number of carbonyl (C=O) groups excluding carboxylic acids is 3. The van der Waals surface area contributed by atoms with Crippen molar-refractivity contribution in [3.8, 4) is 6.07 Å². The van der Waals surface area contributed by atoms with Crippen LogP contribution in [0.15, 0.2) is 24.3 Å². The lowest BCUT2D eigenvalue weighted by atomic mass is 9.81. The SMILES string of the molecule is CC1(C)Cc2c(sc(NC(=O)CCCN3C(=O)c4ccccc4C3=O)c2C#N)C(C)(C)N1. The molecule has 0 bridgehead atoms. The maximum Gasteiger partial charge on any atom is 0.261 e. The molecule has 4 rings (SSSR count). The second kappa shape index (κ2) is 7.84. The normalized spacial score (nSPS) is 18.2. The molecular weight excluding hydrogens is 424 g/mol. The maximum atomic E-state index is 12.6. The highest BCUT2D eigenvalue weighted by Gasteiger charge is 2.40. The number of amides is 3. The summed E-state index contributed by atoms with van der Waals surface area (Å²) in [5.41, 5.74) is 1.88. The number of anilines is 1. The Morgan fingerprint density at radius 3 is 2.41 bits per heavy atom. The standard InChI is InChI=1S/C24H26N4O3S/c1-23(2)12-16-17(13-25)20(32-19(16)24(3,4)27-23)26-18(29)10-7-11-28-21(30)14-8-5-6-9-15(14)22(28)31/h5-6,8-9,27H,7,10-12H2,1-4H3,(H,26,29). The van der Waals surface area contributed by atoms with Gasteiger partial charge in [0.05, 0.1) is 16.7 Å². The van der Waals surface area contributed by atoms with E-state index in [1.54, 1.807) is 24.3 Å². The molecule has 0 spiro atoms. The molecule has 0 saturated heterocycles. The van der Waals surface area contributed by atoms with Crippen molar-refractivity contribution in [2.24, 2.45) is 0 Å². The smallest absolute Gasteiger partial charge is 0.261 e. The molecule has 1 aromatic heterocycles. The molecule has 0 saturated carbocycles. The van der Waals surface area contributed by atoms with Crippen molar-refractivity contribution in [2.45, 2.75) is 58.0 Å². The number of nitrogens with zero attached hydrogens (tertiary/aromatic N) is 2. The van der Waals surface area contributed by atoms with E-state index in [1.807, 2.05) is 0 Å². The summed E-state index contributed by atoms with van der Waals surface area (Å²) in [7, 11) is 0. The van der Waals surface area contributed by atoms with E-state index in [1.165, 1.54) is 16.2 Å². The number of imide groups is 1. The molecule has 1 aromatic carbocycles. The molecule has 0 radical (unpaired) electrons. The molecule has 3 amide bonds. The molecule has 0 atom stereocenters. The topological polar surface area (TPSA) is 102 Å². The number of benzene rings is 1. The summed E-state index contributed by atoms with van der Waals surface area (Å²) in [4.78, 5) is 39.8. The van der Waals surface area contributed by atoms with Gasteiger partial charge in [-0.2, -0.15) is 5.26 Å².